The van der Waals surface area contributed by atoms with Crippen molar-refractivity contribution < 1.29 is 28.6 Å². The second-order valence-corrected chi connectivity index (χ2v) is 9.49. The topological polar surface area (TPSA) is 132 Å². The number of nitrogens with zero attached hydrogens (tertiary/aromatic N) is 2. The number of nitriles is 1. The summed E-state index contributed by atoms with van der Waals surface area (Å²) in [6, 6.07) is 17.3. The second-order valence-electron chi connectivity index (χ2n) is 9.49. The fourth-order valence-electron chi connectivity index (χ4n) is 4.67. The van der Waals surface area contributed by atoms with Crippen molar-refractivity contribution in [2.75, 3.05) is 18.1 Å². The first kappa shape index (κ1) is 25.5. The van der Waals surface area contributed by atoms with Crippen molar-refractivity contribution in [3.05, 3.63) is 82.8 Å². The van der Waals surface area contributed by atoms with Gasteiger partial charge in [-0.2, -0.15) is 5.26 Å². The molecular weight excluding hydrogens is 474 g/mol. The monoisotopic (exact) mass is 501 g/mol. The molecule has 2 aromatic carbocycles. The molecule has 190 valence electrons. The molecule has 2 aliphatic rings. The zero-order valence-corrected chi connectivity index (χ0v) is 21.0. The predicted octanol–water partition coefficient (Wildman–Crippen LogP) is 3.31. The third kappa shape index (κ3) is 4.20. The fourth-order valence-corrected chi connectivity index (χ4v) is 4.67. The molecule has 37 heavy (non-hydrogen) atoms. The van der Waals surface area contributed by atoms with Gasteiger partial charge in [0.2, 0.25) is 11.8 Å². The summed E-state index contributed by atoms with van der Waals surface area (Å²) in [6.45, 7) is 6.36. The maximum Gasteiger partial charge on any atom is 0.339 e. The quantitative estimate of drug-likeness (QED) is 0.617. The van der Waals surface area contributed by atoms with E-state index in [9.17, 15) is 19.6 Å². The molecule has 4 rings (SSSR count). The number of hydrogen-bond donors (Lipinski definition) is 1. The van der Waals surface area contributed by atoms with Crippen LogP contribution >= 0.6 is 0 Å². The minimum absolute atomic E-state index is 0.00202. The third-order valence-corrected chi connectivity index (χ3v) is 5.93. The molecule has 2 aliphatic heterocycles. The van der Waals surface area contributed by atoms with Crippen LogP contribution in [0.2, 0.25) is 0 Å². The molecule has 2 aromatic rings. The summed E-state index contributed by atoms with van der Waals surface area (Å²) in [5, 5.41) is 10.2. The van der Waals surface area contributed by atoms with Crippen molar-refractivity contribution in [1.29, 1.82) is 5.26 Å². The van der Waals surface area contributed by atoms with E-state index in [0.717, 1.165) is 0 Å². The van der Waals surface area contributed by atoms with Gasteiger partial charge in [-0.05, 0) is 33.8 Å². The molecule has 0 saturated heterocycles. The summed E-state index contributed by atoms with van der Waals surface area (Å²) in [7, 11) is 0. The number of esters is 2. The maximum absolute atomic E-state index is 14.4. The van der Waals surface area contributed by atoms with Crippen LogP contribution in [0.25, 0.3) is 5.76 Å². The number of hydrogen-bond acceptors (Lipinski definition) is 8. The van der Waals surface area contributed by atoms with Crippen molar-refractivity contribution >= 4 is 29.3 Å². The molecule has 1 atom stereocenters. The van der Waals surface area contributed by atoms with Crippen LogP contribution in [0.4, 0.5) is 5.69 Å². The largest absolute Gasteiger partial charge is 0.462 e. The Morgan fingerprint density at radius 3 is 2.38 bits per heavy atom. The van der Waals surface area contributed by atoms with E-state index in [-0.39, 0.29) is 29.4 Å². The van der Waals surface area contributed by atoms with Crippen LogP contribution in [0.1, 0.15) is 38.8 Å². The molecule has 0 radical (unpaired) electrons. The first-order valence-electron chi connectivity index (χ1n) is 11.7. The number of anilines is 1. The number of amides is 1. The van der Waals surface area contributed by atoms with Gasteiger partial charge in [0.25, 0.3) is 0 Å². The van der Waals surface area contributed by atoms with Gasteiger partial charge in [0, 0.05) is 16.8 Å². The fraction of sp³-hybridized carbons (Fsp3) is 0.286. The minimum Gasteiger partial charge on any atom is -0.462 e. The Morgan fingerprint density at radius 2 is 1.76 bits per heavy atom. The Labute approximate surface area is 214 Å². The molecular formula is C28H27N3O6. The molecule has 9 nitrogen and oxygen atoms in total. The number of para-hydroxylation sites is 1. The molecule has 1 spiro atoms. The molecule has 1 amide bonds. The lowest BCUT2D eigenvalue weighted by atomic mass is 9.67. The third-order valence-electron chi connectivity index (χ3n) is 5.93. The first-order chi connectivity index (χ1) is 17.6. The predicted molar refractivity (Wildman–Crippen MR) is 134 cm³/mol. The van der Waals surface area contributed by atoms with Crippen LogP contribution < -0.4 is 10.6 Å². The van der Waals surface area contributed by atoms with E-state index in [1.54, 1.807) is 82.3 Å². The van der Waals surface area contributed by atoms with Crippen LogP contribution in [0.15, 0.2) is 71.6 Å². The lowest BCUT2D eigenvalue weighted by Gasteiger charge is -2.35. The van der Waals surface area contributed by atoms with Crippen molar-refractivity contribution in [2.45, 2.75) is 38.7 Å². The minimum atomic E-state index is -1.99. The van der Waals surface area contributed by atoms with E-state index < -0.39 is 35.4 Å². The summed E-state index contributed by atoms with van der Waals surface area (Å²) in [4.78, 5) is 42.0. The molecule has 1 unspecified atom stereocenters. The molecule has 2 N–H and O–H groups in total. The summed E-state index contributed by atoms with van der Waals surface area (Å²) in [6.07, 6.45) is 0. The number of fused-ring (bicyclic) bond motifs is 2. The van der Waals surface area contributed by atoms with Crippen molar-refractivity contribution in [3.63, 3.8) is 0 Å². The Bertz CT molecular complexity index is 1380. The number of nitrogens with two attached hydrogens (primary N) is 1. The van der Waals surface area contributed by atoms with Crippen molar-refractivity contribution in [1.82, 2.24) is 0 Å². The van der Waals surface area contributed by atoms with Gasteiger partial charge >= 0.3 is 11.9 Å². The van der Waals surface area contributed by atoms with E-state index >= 15 is 0 Å². The van der Waals surface area contributed by atoms with Gasteiger partial charge in [0.15, 0.2) is 5.41 Å². The van der Waals surface area contributed by atoms with Crippen LogP contribution in [0, 0.1) is 11.3 Å². The van der Waals surface area contributed by atoms with Gasteiger partial charge in [-0.25, -0.2) is 4.79 Å². The van der Waals surface area contributed by atoms with Gasteiger partial charge in [-0.1, -0.05) is 48.5 Å². The zero-order valence-electron chi connectivity index (χ0n) is 21.0. The highest BCUT2D eigenvalue weighted by molar-refractivity contribution is 6.21. The number of carbonyl (C=O) groups is 3. The molecule has 2 heterocycles. The molecule has 0 aliphatic carbocycles. The normalized spacial score (nSPS) is 18.9. The zero-order chi connectivity index (χ0) is 27.0. The number of benzene rings is 2. The number of carbonyl (C=O) groups excluding carboxylic acids is 3. The Kier molecular flexibility index (Phi) is 6.53. The standard InChI is InChI=1S/C28H27N3O6/c1-5-35-25(33)22-23(17-11-7-6-8-12-17)36-24(30)19(15-29)28(22)18-13-9-10-14-20(18)31(26(28)34)16-21(32)37-27(2,3)4/h6-14H,5,16,30H2,1-4H3. The van der Waals surface area contributed by atoms with Gasteiger partial charge < -0.3 is 19.9 Å². The molecule has 0 saturated carbocycles. The summed E-state index contributed by atoms with van der Waals surface area (Å²) in [5.41, 5.74) is 4.13. The van der Waals surface area contributed by atoms with E-state index in [1.807, 2.05) is 6.07 Å². The highest BCUT2D eigenvalue weighted by Crippen LogP contribution is 2.55. The summed E-state index contributed by atoms with van der Waals surface area (Å²) in [5.74, 6) is -2.53. The van der Waals surface area contributed by atoms with Crippen molar-refractivity contribution in [3.8, 4) is 6.07 Å². The van der Waals surface area contributed by atoms with Gasteiger partial charge in [-0.3, -0.25) is 14.5 Å². The van der Waals surface area contributed by atoms with E-state index in [4.69, 9.17) is 19.9 Å². The lowest BCUT2D eigenvalue weighted by molar-refractivity contribution is -0.153. The van der Waals surface area contributed by atoms with Crippen LogP contribution in [-0.4, -0.2) is 36.6 Å². The SMILES string of the molecule is CCOC(=O)C1=C(c2ccccc2)OC(N)=C(C#N)C12C(=O)N(CC(=O)OC(C)(C)C)c1ccccc12. The van der Waals surface area contributed by atoms with Crippen LogP contribution in [-0.2, 0) is 34.0 Å². The van der Waals surface area contributed by atoms with Crippen molar-refractivity contribution in [2.24, 2.45) is 5.73 Å². The average molecular weight is 502 g/mol. The highest BCUT2D eigenvalue weighted by Gasteiger charge is 2.63. The number of rotatable bonds is 5. The Hall–Kier alpha value is -4.58. The molecule has 9 heteroatoms. The summed E-state index contributed by atoms with van der Waals surface area (Å²) < 4.78 is 16.7. The highest BCUT2D eigenvalue weighted by atomic mass is 16.6. The first-order valence-corrected chi connectivity index (χ1v) is 11.7. The van der Waals surface area contributed by atoms with Crippen LogP contribution in [0.5, 0.6) is 0 Å². The van der Waals surface area contributed by atoms with Crippen LogP contribution in [0.3, 0.4) is 0 Å². The maximum atomic E-state index is 14.4. The average Bonchev–Trinajstić information content (AvgIpc) is 3.07. The van der Waals surface area contributed by atoms with Gasteiger partial charge in [0.1, 0.15) is 35.1 Å². The Morgan fingerprint density at radius 1 is 1.11 bits per heavy atom. The number of ether oxygens (including phenoxy) is 3. The van der Waals surface area contributed by atoms with E-state index in [0.29, 0.717) is 16.8 Å². The Balaban J connectivity index is 2.03. The molecule has 0 bridgehead atoms. The lowest BCUT2D eigenvalue weighted by Crippen LogP contribution is -2.49. The van der Waals surface area contributed by atoms with Gasteiger partial charge in [0.05, 0.1) is 6.61 Å². The second kappa shape index (κ2) is 9.47. The van der Waals surface area contributed by atoms with E-state index in [1.165, 1.54) is 4.90 Å². The summed E-state index contributed by atoms with van der Waals surface area (Å²) >= 11 is 0. The van der Waals surface area contributed by atoms with E-state index in [2.05, 4.69) is 0 Å². The van der Waals surface area contributed by atoms with Gasteiger partial charge in [-0.15, -0.1) is 0 Å². The molecule has 0 aromatic heterocycles. The molecule has 0 fully saturated rings. The smallest absolute Gasteiger partial charge is 0.339 e.